The van der Waals surface area contributed by atoms with Crippen molar-refractivity contribution in [2.45, 2.75) is 19.4 Å². The molecule has 3 aromatic carbocycles. The Morgan fingerprint density at radius 1 is 1.05 bits per heavy atom. The van der Waals surface area contributed by atoms with Gasteiger partial charge in [-0.2, -0.15) is 5.26 Å². The minimum Gasteiger partial charge on any atom is -0.495 e. The van der Waals surface area contributed by atoms with E-state index in [1.807, 2.05) is 42.5 Å². The molecule has 0 aromatic heterocycles. The standard InChI is InChI=1S/C30H27ClN4O3S/c1-19-27(29(37)35-24-14-8-9-15-25(24)38-2)28(21-12-6-7-13-23(21)31)22(16-32)30(34-19)39-18-26(36)33-17-20-10-4-3-5-11-20/h3-15,28,34H,17-18H2,1-2H3,(H,33,36)(H,35,37)/t28-/m0/s1. The molecule has 0 aliphatic carbocycles. The molecule has 1 aliphatic rings. The highest BCUT2D eigenvalue weighted by atomic mass is 35.5. The fourth-order valence-corrected chi connectivity index (χ4v) is 5.44. The number of methoxy groups -OCH3 is 1. The van der Waals surface area contributed by atoms with E-state index in [-0.39, 0.29) is 11.7 Å². The number of thioether (sulfide) groups is 1. The number of nitrogens with zero attached hydrogens (tertiary/aromatic N) is 1. The number of halogens is 1. The highest BCUT2D eigenvalue weighted by Crippen LogP contribution is 2.43. The predicted octanol–water partition coefficient (Wildman–Crippen LogP) is 5.73. The van der Waals surface area contributed by atoms with Gasteiger partial charge in [-0.25, -0.2) is 0 Å². The second kappa shape index (κ2) is 13.1. The smallest absolute Gasteiger partial charge is 0.254 e. The number of nitrogens with one attached hydrogen (secondary N) is 3. The monoisotopic (exact) mass is 558 g/mol. The second-order valence-electron chi connectivity index (χ2n) is 8.68. The maximum Gasteiger partial charge on any atom is 0.254 e. The number of benzene rings is 3. The number of amides is 2. The van der Waals surface area contributed by atoms with E-state index in [9.17, 15) is 14.9 Å². The number of dihydropyridines is 1. The largest absolute Gasteiger partial charge is 0.495 e. The van der Waals surface area contributed by atoms with E-state index in [0.717, 1.165) is 5.56 Å². The molecule has 9 heteroatoms. The van der Waals surface area contributed by atoms with Gasteiger partial charge in [-0.3, -0.25) is 9.59 Å². The van der Waals surface area contributed by atoms with Crippen LogP contribution in [0, 0.1) is 11.3 Å². The molecular formula is C30H27ClN4O3S. The number of carbonyl (C=O) groups excluding carboxylic acids is 2. The van der Waals surface area contributed by atoms with Gasteiger partial charge in [-0.05, 0) is 36.2 Å². The van der Waals surface area contributed by atoms with E-state index >= 15 is 0 Å². The average Bonchev–Trinajstić information content (AvgIpc) is 2.95. The number of nitriles is 1. The lowest BCUT2D eigenvalue weighted by Gasteiger charge is -2.30. The van der Waals surface area contributed by atoms with Crippen molar-refractivity contribution >= 4 is 40.9 Å². The normalized spacial score (nSPS) is 14.8. The van der Waals surface area contributed by atoms with Gasteiger partial charge < -0.3 is 20.7 Å². The zero-order valence-electron chi connectivity index (χ0n) is 21.5. The van der Waals surface area contributed by atoms with Crippen LogP contribution in [0.1, 0.15) is 24.0 Å². The van der Waals surface area contributed by atoms with Gasteiger partial charge in [0.25, 0.3) is 5.91 Å². The van der Waals surface area contributed by atoms with E-state index in [4.69, 9.17) is 16.3 Å². The van der Waals surface area contributed by atoms with Gasteiger partial charge in [0.05, 0.1) is 41.1 Å². The molecule has 1 aliphatic heterocycles. The molecule has 198 valence electrons. The molecule has 4 rings (SSSR count). The van der Waals surface area contributed by atoms with Gasteiger partial charge in [0, 0.05) is 22.8 Å². The Kier molecular flexibility index (Phi) is 9.31. The number of carbonyl (C=O) groups is 2. The number of allylic oxidation sites excluding steroid dienone is 2. The molecule has 39 heavy (non-hydrogen) atoms. The first-order valence-electron chi connectivity index (χ1n) is 12.2. The molecule has 2 amide bonds. The molecule has 0 radical (unpaired) electrons. The zero-order valence-corrected chi connectivity index (χ0v) is 23.0. The number of hydrogen-bond donors (Lipinski definition) is 3. The summed E-state index contributed by atoms with van der Waals surface area (Å²) in [5.74, 6) is -0.713. The van der Waals surface area contributed by atoms with Gasteiger partial charge in [0.15, 0.2) is 0 Å². The van der Waals surface area contributed by atoms with Crippen LogP contribution in [0.2, 0.25) is 5.02 Å². The summed E-state index contributed by atoms with van der Waals surface area (Å²) in [5.41, 5.74) is 3.32. The summed E-state index contributed by atoms with van der Waals surface area (Å²) in [7, 11) is 1.53. The predicted molar refractivity (Wildman–Crippen MR) is 155 cm³/mol. The third-order valence-electron chi connectivity index (χ3n) is 6.14. The molecule has 3 aromatic rings. The van der Waals surface area contributed by atoms with Crippen LogP contribution in [0.4, 0.5) is 5.69 Å². The van der Waals surface area contributed by atoms with Crippen molar-refractivity contribution in [1.82, 2.24) is 10.6 Å². The summed E-state index contributed by atoms with van der Waals surface area (Å²) < 4.78 is 5.38. The fraction of sp³-hybridized carbons (Fsp3) is 0.167. The Morgan fingerprint density at radius 3 is 2.46 bits per heavy atom. The minimum atomic E-state index is -0.741. The van der Waals surface area contributed by atoms with Crippen molar-refractivity contribution in [1.29, 1.82) is 5.26 Å². The van der Waals surface area contributed by atoms with Crippen LogP contribution in [-0.2, 0) is 16.1 Å². The van der Waals surface area contributed by atoms with E-state index in [0.29, 0.717) is 50.4 Å². The first-order valence-corrected chi connectivity index (χ1v) is 13.5. The molecule has 0 bridgehead atoms. The first kappa shape index (κ1) is 27.8. The van der Waals surface area contributed by atoms with Gasteiger partial charge >= 0.3 is 0 Å². The van der Waals surface area contributed by atoms with Crippen LogP contribution >= 0.6 is 23.4 Å². The molecular weight excluding hydrogens is 532 g/mol. The Bertz CT molecular complexity index is 1480. The highest BCUT2D eigenvalue weighted by Gasteiger charge is 2.36. The van der Waals surface area contributed by atoms with Crippen molar-refractivity contribution in [2.75, 3.05) is 18.2 Å². The Balaban J connectivity index is 1.62. The van der Waals surface area contributed by atoms with Crippen molar-refractivity contribution in [3.8, 4) is 11.8 Å². The van der Waals surface area contributed by atoms with E-state index < -0.39 is 11.8 Å². The van der Waals surface area contributed by atoms with Gasteiger partial charge in [0.2, 0.25) is 5.91 Å². The van der Waals surface area contributed by atoms with Crippen LogP contribution in [-0.4, -0.2) is 24.7 Å². The molecule has 0 spiro atoms. The van der Waals surface area contributed by atoms with Crippen LogP contribution in [0.5, 0.6) is 5.75 Å². The third kappa shape index (κ3) is 6.63. The maximum atomic E-state index is 13.7. The van der Waals surface area contributed by atoms with Crippen molar-refractivity contribution in [3.05, 3.63) is 117 Å². The van der Waals surface area contributed by atoms with Crippen LogP contribution < -0.4 is 20.7 Å². The summed E-state index contributed by atoms with van der Waals surface area (Å²) in [4.78, 5) is 26.3. The van der Waals surface area contributed by atoms with Crippen LogP contribution in [0.15, 0.2) is 101 Å². The van der Waals surface area contributed by atoms with Crippen LogP contribution in [0.3, 0.4) is 0 Å². The van der Waals surface area contributed by atoms with E-state index in [2.05, 4.69) is 22.0 Å². The lowest BCUT2D eigenvalue weighted by Crippen LogP contribution is -2.31. The van der Waals surface area contributed by atoms with Crippen molar-refractivity contribution < 1.29 is 14.3 Å². The zero-order chi connectivity index (χ0) is 27.8. The van der Waals surface area contributed by atoms with Gasteiger partial charge in [-0.15, -0.1) is 0 Å². The van der Waals surface area contributed by atoms with Crippen molar-refractivity contribution in [3.63, 3.8) is 0 Å². The molecule has 0 saturated heterocycles. The average molecular weight is 559 g/mol. The molecule has 0 unspecified atom stereocenters. The van der Waals surface area contributed by atoms with Crippen molar-refractivity contribution in [2.24, 2.45) is 0 Å². The molecule has 1 heterocycles. The molecule has 3 N–H and O–H groups in total. The third-order valence-corrected chi connectivity index (χ3v) is 7.50. The number of ether oxygens (including phenoxy) is 1. The Morgan fingerprint density at radius 2 is 1.74 bits per heavy atom. The highest BCUT2D eigenvalue weighted by molar-refractivity contribution is 8.03. The van der Waals surface area contributed by atoms with Gasteiger partial charge in [-0.1, -0.05) is 84.0 Å². The van der Waals surface area contributed by atoms with Crippen LogP contribution in [0.25, 0.3) is 0 Å². The lowest BCUT2D eigenvalue weighted by molar-refractivity contribution is -0.118. The van der Waals surface area contributed by atoms with E-state index in [1.165, 1.54) is 18.9 Å². The number of para-hydroxylation sites is 2. The number of rotatable bonds is 9. The topological polar surface area (TPSA) is 103 Å². The molecule has 1 atom stereocenters. The Hall–Kier alpha value is -4.19. The Labute approximate surface area is 236 Å². The summed E-state index contributed by atoms with van der Waals surface area (Å²) >= 11 is 7.79. The first-order chi connectivity index (χ1) is 18.9. The number of hydrogen-bond acceptors (Lipinski definition) is 6. The quantitative estimate of drug-likeness (QED) is 0.310. The number of anilines is 1. The second-order valence-corrected chi connectivity index (χ2v) is 10.1. The molecule has 0 saturated carbocycles. The maximum absolute atomic E-state index is 13.7. The van der Waals surface area contributed by atoms with E-state index in [1.54, 1.807) is 43.3 Å². The molecule has 0 fully saturated rings. The minimum absolute atomic E-state index is 0.0889. The summed E-state index contributed by atoms with van der Waals surface area (Å²) in [6, 6.07) is 26.1. The van der Waals surface area contributed by atoms with Gasteiger partial charge in [0.1, 0.15) is 5.75 Å². The fourth-order valence-electron chi connectivity index (χ4n) is 4.27. The summed E-state index contributed by atoms with van der Waals surface area (Å²) in [6.45, 7) is 2.18. The SMILES string of the molecule is COc1ccccc1NC(=O)C1=C(C)NC(SCC(=O)NCc2ccccc2)=C(C#N)[C@@H]1c1ccccc1Cl. The lowest BCUT2D eigenvalue weighted by atomic mass is 9.82. The molecule has 7 nitrogen and oxygen atoms in total. The summed E-state index contributed by atoms with van der Waals surface area (Å²) in [5, 5.41) is 20.2. The summed E-state index contributed by atoms with van der Waals surface area (Å²) in [6.07, 6.45) is 0.